The highest BCUT2D eigenvalue weighted by molar-refractivity contribution is 6.30. The topological polar surface area (TPSA) is 97.1 Å². The van der Waals surface area contributed by atoms with Crippen LogP contribution in [0.1, 0.15) is 33.3 Å². The second-order valence-electron chi connectivity index (χ2n) is 8.23. The molecule has 0 heterocycles. The van der Waals surface area contributed by atoms with Gasteiger partial charge in [-0.1, -0.05) is 39.3 Å². The summed E-state index contributed by atoms with van der Waals surface area (Å²) in [7, 11) is 0. The molecule has 0 aliphatic heterocycles. The van der Waals surface area contributed by atoms with Gasteiger partial charge in [0.1, 0.15) is 5.75 Å². The Labute approximate surface area is 193 Å². The summed E-state index contributed by atoms with van der Waals surface area (Å²) in [6.07, 6.45) is 1.43. The van der Waals surface area contributed by atoms with Crippen LogP contribution >= 0.6 is 11.6 Å². The van der Waals surface area contributed by atoms with Crippen molar-refractivity contribution in [1.29, 1.82) is 0 Å². The summed E-state index contributed by atoms with van der Waals surface area (Å²) in [5, 5.41) is 15.8. The summed E-state index contributed by atoms with van der Waals surface area (Å²) in [5.74, 6) is 0.855. The molecule has 0 bridgehead atoms. The zero-order valence-corrected chi connectivity index (χ0v) is 19.5. The average Bonchev–Trinajstić information content (AvgIpc) is 2.72. The Hall–Kier alpha value is -3.13. The Balaban J connectivity index is 2.15. The number of ether oxygens (including phenoxy) is 1. The molecule has 0 aliphatic carbocycles. The van der Waals surface area contributed by atoms with Gasteiger partial charge in [0, 0.05) is 41.5 Å². The number of nitrogens with one attached hydrogen (secondary N) is 1. The van der Waals surface area contributed by atoms with Crippen molar-refractivity contribution in [2.75, 3.05) is 24.6 Å². The maximum absolute atomic E-state index is 12.1. The quantitative estimate of drug-likeness (QED) is 0.292. The third kappa shape index (κ3) is 8.19. The molecule has 2 aromatic rings. The second-order valence-corrected chi connectivity index (χ2v) is 8.67. The zero-order chi connectivity index (χ0) is 23.7. The Kier molecular flexibility index (Phi) is 9.46. The van der Waals surface area contributed by atoms with Crippen molar-refractivity contribution in [1.82, 2.24) is 5.43 Å². The summed E-state index contributed by atoms with van der Waals surface area (Å²) in [4.78, 5) is 25.1. The number of hydrazone groups is 1. The fraction of sp³-hybridized carbons (Fsp3) is 0.391. The van der Waals surface area contributed by atoms with Gasteiger partial charge < -0.3 is 9.64 Å². The molecular formula is C23H29ClN4O4. The van der Waals surface area contributed by atoms with Gasteiger partial charge >= 0.3 is 0 Å². The Morgan fingerprint density at radius 2 is 1.78 bits per heavy atom. The number of nitrogens with zero attached hydrogens (tertiary/aromatic N) is 3. The number of carbonyl (C=O) groups is 1. The Bertz CT molecular complexity index is 936. The predicted octanol–water partition coefficient (Wildman–Crippen LogP) is 4.90. The third-order valence-corrected chi connectivity index (χ3v) is 4.56. The number of hydrogen-bond acceptors (Lipinski definition) is 6. The first-order valence-electron chi connectivity index (χ1n) is 10.4. The number of non-ortho nitro benzene ring substituents is 1. The van der Waals surface area contributed by atoms with Crippen LogP contribution in [0.25, 0.3) is 0 Å². The van der Waals surface area contributed by atoms with Crippen LogP contribution < -0.4 is 15.1 Å². The fourth-order valence-electron chi connectivity index (χ4n) is 3.09. The predicted molar refractivity (Wildman–Crippen MR) is 128 cm³/mol. The molecule has 0 fully saturated rings. The molecule has 172 valence electrons. The zero-order valence-electron chi connectivity index (χ0n) is 18.7. The molecule has 0 unspecified atom stereocenters. The first-order chi connectivity index (χ1) is 15.2. The molecule has 0 aliphatic rings. The van der Waals surface area contributed by atoms with Gasteiger partial charge in [-0.15, -0.1) is 0 Å². The molecule has 32 heavy (non-hydrogen) atoms. The van der Waals surface area contributed by atoms with Crippen LogP contribution in [0.5, 0.6) is 5.75 Å². The van der Waals surface area contributed by atoms with Crippen molar-refractivity contribution in [3.8, 4) is 5.75 Å². The van der Waals surface area contributed by atoms with Gasteiger partial charge in [0.15, 0.2) is 6.61 Å². The minimum atomic E-state index is -0.454. The van der Waals surface area contributed by atoms with Crippen LogP contribution in [0.3, 0.4) is 0 Å². The van der Waals surface area contributed by atoms with Gasteiger partial charge in [-0.2, -0.15) is 5.10 Å². The van der Waals surface area contributed by atoms with Crippen LogP contribution in [0, 0.1) is 22.0 Å². The lowest BCUT2D eigenvalue weighted by Gasteiger charge is -2.29. The number of nitro benzene ring substituents is 1. The van der Waals surface area contributed by atoms with Crippen molar-refractivity contribution in [2.45, 2.75) is 27.7 Å². The highest BCUT2D eigenvalue weighted by atomic mass is 35.5. The van der Waals surface area contributed by atoms with E-state index < -0.39 is 10.8 Å². The molecule has 2 rings (SSSR count). The van der Waals surface area contributed by atoms with Gasteiger partial charge in [-0.25, -0.2) is 5.43 Å². The van der Waals surface area contributed by atoms with E-state index >= 15 is 0 Å². The molecule has 0 spiro atoms. The molecule has 0 radical (unpaired) electrons. The second kappa shape index (κ2) is 12.0. The summed E-state index contributed by atoms with van der Waals surface area (Å²) in [5.41, 5.74) is 3.74. The van der Waals surface area contributed by atoms with Crippen molar-refractivity contribution >= 4 is 35.1 Å². The molecule has 0 saturated carbocycles. The highest BCUT2D eigenvalue weighted by Gasteiger charge is 2.17. The van der Waals surface area contributed by atoms with E-state index in [1.165, 1.54) is 18.3 Å². The van der Waals surface area contributed by atoms with E-state index in [9.17, 15) is 14.9 Å². The molecule has 8 nitrogen and oxygen atoms in total. The van der Waals surface area contributed by atoms with Crippen LogP contribution in [-0.2, 0) is 4.79 Å². The van der Waals surface area contributed by atoms with Gasteiger partial charge in [-0.3, -0.25) is 14.9 Å². The molecule has 1 N–H and O–H groups in total. The average molecular weight is 461 g/mol. The monoisotopic (exact) mass is 460 g/mol. The first kappa shape index (κ1) is 25.1. The maximum Gasteiger partial charge on any atom is 0.277 e. The van der Waals surface area contributed by atoms with Crippen LogP contribution in [0.15, 0.2) is 47.6 Å². The lowest BCUT2D eigenvalue weighted by Crippen LogP contribution is -2.32. The number of rotatable bonds is 11. The van der Waals surface area contributed by atoms with Crippen LogP contribution in [0.2, 0.25) is 5.02 Å². The van der Waals surface area contributed by atoms with E-state index in [1.807, 2.05) is 0 Å². The number of nitro groups is 1. The molecule has 0 aromatic heterocycles. The van der Waals surface area contributed by atoms with Crippen molar-refractivity contribution in [3.63, 3.8) is 0 Å². The van der Waals surface area contributed by atoms with Gasteiger partial charge in [0.05, 0.1) is 11.1 Å². The van der Waals surface area contributed by atoms with E-state index in [0.29, 0.717) is 28.2 Å². The minimum absolute atomic E-state index is 0.0401. The molecule has 1 amide bonds. The fourth-order valence-corrected chi connectivity index (χ4v) is 3.21. The lowest BCUT2D eigenvalue weighted by atomic mass is 10.1. The van der Waals surface area contributed by atoms with Crippen LogP contribution in [0.4, 0.5) is 11.4 Å². The van der Waals surface area contributed by atoms with E-state index in [4.69, 9.17) is 16.3 Å². The SMILES string of the molecule is CC(C)CN(CC(C)C)c1ccc([N+](=O)[O-])cc1/C=N/NC(=O)COc1ccc(Cl)cc1. The van der Waals surface area contributed by atoms with E-state index in [-0.39, 0.29) is 12.3 Å². The smallest absolute Gasteiger partial charge is 0.277 e. The number of carbonyl (C=O) groups excluding carboxylic acids is 1. The standard InChI is InChI=1S/C23H29ClN4O4/c1-16(2)13-27(14-17(3)4)22-10-7-20(28(30)31)11-18(22)12-25-26-23(29)15-32-21-8-5-19(24)6-9-21/h5-12,16-17H,13-15H2,1-4H3,(H,26,29)/b25-12+. The van der Waals surface area contributed by atoms with Crippen molar-refractivity contribution in [2.24, 2.45) is 16.9 Å². The first-order valence-corrected chi connectivity index (χ1v) is 10.8. The summed E-state index contributed by atoms with van der Waals surface area (Å²) >= 11 is 5.82. The van der Waals surface area contributed by atoms with E-state index in [0.717, 1.165) is 18.8 Å². The summed E-state index contributed by atoms with van der Waals surface area (Å²) in [6, 6.07) is 11.3. The van der Waals surface area contributed by atoms with Gasteiger partial charge in [0.2, 0.25) is 0 Å². The van der Waals surface area contributed by atoms with Crippen molar-refractivity contribution in [3.05, 3.63) is 63.2 Å². The number of benzene rings is 2. The molecular weight excluding hydrogens is 432 g/mol. The molecule has 2 aromatic carbocycles. The van der Waals surface area contributed by atoms with E-state index in [1.54, 1.807) is 30.3 Å². The van der Waals surface area contributed by atoms with Gasteiger partial charge in [-0.05, 0) is 42.2 Å². The molecule has 0 atom stereocenters. The maximum atomic E-state index is 12.1. The number of anilines is 1. The number of amides is 1. The summed E-state index contributed by atoms with van der Waals surface area (Å²) < 4.78 is 5.38. The normalized spacial score (nSPS) is 11.2. The number of hydrogen-bond donors (Lipinski definition) is 1. The largest absolute Gasteiger partial charge is 0.484 e. The number of halogens is 1. The molecule has 9 heteroatoms. The van der Waals surface area contributed by atoms with Crippen LogP contribution in [-0.4, -0.2) is 36.7 Å². The molecule has 0 saturated heterocycles. The Morgan fingerprint density at radius 1 is 1.16 bits per heavy atom. The minimum Gasteiger partial charge on any atom is -0.484 e. The Morgan fingerprint density at radius 3 is 2.34 bits per heavy atom. The summed E-state index contributed by atoms with van der Waals surface area (Å²) in [6.45, 7) is 9.82. The van der Waals surface area contributed by atoms with E-state index in [2.05, 4.69) is 43.1 Å². The lowest BCUT2D eigenvalue weighted by molar-refractivity contribution is -0.384. The third-order valence-electron chi connectivity index (χ3n) is 4.31. The van der Waals surface area contributed by atoms with Crippen molar-refractivity contribution < 1.29 is 14.5 Å². The van der Waals surface area contributed by atoms with Gasteiger partial charge in [0.25, 0.3) is 11.6 Å². The highest BCUT2D eigenvalue weighted by Crippen LogP contribution is 2.26.